The van der Waals surface area contributed by atoms with Crippen molar-refractivity contribution in [3.8, 4) is 0 Å². The van der Waals surface area contributed by atoms with E-state index >= 15 is 0 Å². The van der Waals surface area contributed by atoms with Crippen molar-refractivity contribution in [2.45, 2.75) is 41.0 Å². The van der Waals surface area contributed by atoms with E-state index in [-0.39, 0.29) is 0 Å². The average Bonchev–Trinajstić information content (AvgIpc) is 2.26. The molecule has 1 heterocycles. The molecule has 0 aliphatic carbocycles. The topological polar surface area (TPSA) is 29.0 Å². The van der Waals surface area contributed by atoms with Gasteiger partial charge < -0.3 is 4.90 Å². The van der Waals surface area contributed by atoms with Crippen LogP contribution in [0.15, 0.2) is 10.7 Å². The highest BCUT2D eigenvalue weighted by atomic mass is 79.9. The van der Waals surface area contributed by atoms with E-state index in [0.717, 1.165) is 35.8 Å². The first-order chi connectivity index (χ1) is 8.42. The predicted molar refractivity (Wildman–Crippen MR) is 81.0 cm³/mol. The summed E-state index contributed by atoms with van der Waals surface area (Å²) in [7, 11) is 0. The van der Waals surface area contributed by atoms with E-state index in [9.17, 15) is 0 Å². The SMILES string of the molecule is CCc1nc(Br)cc(N(CC(C)C)CC(C)C)n1. The van der Waals surface area contributed by atoms with Crippen LogP contribution >= 0.6 is 15.9 Å². The molecule has 0 fully saturated rings. The molecule has 0 saturated heterocycles. The minimum atomic E-state index is 0.627. The zero-order chi connectivity index (χ0) is 13.7. The first-order valence-corrected chi connectivity index (χ1v) is 7.50. The van der Waals surface area contributed by atoms with Crippen LogP contribution in [-0.4, -0.2) is 23.1 Å². The van der Waals surface area contributed by atoms with E-state index in [1.165, 1.54) is 0 Å². The van der Waals surface area contributed by atoms with Gasteiger partial charge in [-0.1, -0.05) is 34.6 Å². The fraction of sp³-hybridized carbons (Fsp3) is 0.714. The van der Waals surface area contributed by atoms with E-state index in [1.807, 2.05) is 6.07 Å². The Morgan fingerprint density at radius 1 is 1.11 bits per heavy atom. The molecule has 3 nitrogen and oxygen atoms in total. The highest BCUT2D eigenvalue weighted by Crippen LogP contribution is 2.19. The number of nitrogens with zero attached hydrogens (tertiary/aromatic N) is 3. The van der Waals surface area contributed by atoms with Gasteiger partial charge in [0.1, 0.15) is 16.2 Å². The van der Waals surface area contributed by atoms with Crippen molar-refractivity contribution < 1.29 is 0 Å². The zero-order valence-electron chi connectivity index (χ0n) is 12.1. The average molecular weight is 314 g/mol. The molecular formula is C14H24BrN3. The molecule has 1 aromatic heterocycles. The van der Waals surface area contributed by atoms with Crippen molar-refractivity contribution >= 4 is 21.7 Å². The molecule has 1 rings (SSSR count). The summed E-state index contributed by atoms with van der Waals surface area (Å²) in [5, 5.41) is 0. The first kappa shape index (κ1) is 15.4. The Balaban J connectivity index is 2.99. The van der Waals surface area contributed by atoms with Gasteiger partial charge in [0.25, 0.3) is 0 Å². The van der Waals surface area contributed by atoms with Gasteiger partial charge in [-0.25, -0.2) is 9.97 Å². The van der Waals surface area contributed by atoms with Crippen LogP contribution in [0, 0.1) is 11.8 Å². The fourth-order valence-electron chi connectivity index (χ4n) is 1.91. The summed E-state index contributed by atoms with van der Waals surface area (Å²) in [6.07, 6.45) is 0.865. The molecule has 0 spiro atoms. The number of rotatable bonds is 6. The molecular weight excluding hydrogens is 290 g/mol. The maximum absolute atomic E-state index is 4.64. The third-order valence-electron chi connectivity index (χ3n) is 2.54. The van der Waals surface area contributed by atoms with Crippen molar-refractivity contribution in [1.82, 2.24) is 9.97 Å². The Bertz CT molecular complexity index is 367. The van der Waals surface area contributed by atoms with Crippen LogP contribution in [-0.2, 0) is 6.42 Å². The number of halogens is 1. The lowest BCUT2D eigenvalue weighted by Gasteiger charge is -2.27. The van der Waals surface area contributed by atoms with Crippen LogP contribution in [0.25, 0.3) is 0 Å². The number of anilines is 1. The van der Waals surface area contributed by atoms with Gasteiger partial charge in [-0.15, -0.1) is 0 Å². The molecule has 0 aliphatic heterocycles. The summed E-state index contributed by atoms with van der Waals surface area (Å²) >= 11 is 3.48. The second-order valence-electron chi connectivity index (χ2n) is 5.51. The van der Waals surface area contributed by atoms with Crippen LogP contribution in [0.3, 0.4) is 0 Å². The second-order valence-corrected chi connectivity index (χ2v) is 6.32. The number of hydrogen-bond donors (Lipinski definition) is 0. The minimum absolute atomic E-state index is 0.627. The Kier molecular flexibility index (Phi) is 6.06. The van der Waals surface area contributed by atoms with E-state index in [4.69, 9.17) is 0 Å². The van der Waals surface area contributed by atoms with Crippen LogP contribution < -0.4 is 4.90 Å². The summed E-state index contributed by atoms with van der Waals surface area (Å²) in [5.41, 5.74) is 0. The molecule has 0 unspecified atom stereocenters. The Morgan fingerprint density at radius 3 is 2.11 bits per heavy atom. The maximum atomic E-state index is 4.64. The van der Waals surface area contributed by atoms with Crippen molar-refractivity contribution in [2.24, 2.45) is 11.8 Å². The quantitative estimate of drug-likeness (QED) is 0.745. The molecule has 0 amide bonds. The summed E-state index contributed by atoms with van der Waals surface area (Å²) in [4.78, 5) is 11.4. The Morgan fingerprint density at radius 2 is 1.67 bits per heavy atom. The third kappa shape index (κ3) is 4.92. The highest BCUT2D eigenvalue weighted by molar-refractivity contribution is 9.10. The van der Waals surface area contributed by atoms with Gasteiger partial charge in [0.05, 0.1) is 0 Å². The van der Waals surface area contributed by atoms with Gasteiger partial charge in [0.2, 0.25) is 0 Å². The Hall–Kier alpha value is -0.640. The lowest BCUT2D eigenvalue weighted by atomic mass is 10.1. The molecule has 0 saturated carbocycles. The van der Waals surface area contributed by atoms with E-state index in [1.54, 1.807) is 0 Å². The van der Waals surface area contributed by atoms with Crippen LogP contribution in [0.4, 0.5) is 5.82 Å². The summed E-state index contributed by atoms with van der Waals surface area (Å²) in [6, 6.07) is 2.02. The molecule has 0 bridgehead atoms. The van der Waals surface area contributed by atoms with Gasteiger partial charge in [0.15, 0.2) is 0 Å². The number of aromatic nitrogens is 2. The second kappa shape index (κ2) is 7.07. The maximum Gasteiger partial charge on any atom is 0.133 e. The van der Waals surface area contributed by atoms with E-state index in [0.29, 0.717) is 11.8 Å². The standard InChI is InChI=1S/C14H24BrN3/c1-6-13-16-12(15)7-14(17-13)18(8-10(2)3)9-11(4)5/h7,10-11H,6,8-9H2,1-5H3. The lowest BCUT2D eigenvalue weighted by molar-refractivity contribution is 0.547. The molecule has 1 aromatic rings. The molecule has 0 N–H and O–H groups in total. The van der Waals surface area contributed by atoms with Crippen LogP contribution in [0.1, 0.15) is 40.4 Å². The number of hydrogen-bond acceptors (Lipinski definition) is 3. The fourth-order valence-corrected chi connectivity index (χ4v) is 2.32. The molecule has 4 heteroatoms. The number of aryl methyl sites for hydroxylation is 1. The molecule has 0 aromatic carbocycles. The van der Waals surface area contributed by atoms with Gasteiger partial charge in [0, 0.05) is 25.6 Å². The molecule has 0 radical (unpaired) electrons. The summed E-state index contributed by atoms with van der Waals surface area (Å²) < 4.78 is 0.877. The molecule has 18 heavy (non-hydrogen) atoms. The van der Waals surface area contributed by atoms with Gasteiger partial charge in [-0.2, -0.15) is 0 Å². The van der Waals surface area contributed by atoms with Gasteiger partial charge in [-0.05, 0) is 27.8 Å². The molecule has 0 aliphatic rings. The van der Waals surface area contributed by atoms with Gasteiger partial charge >= 0.3 is 0 Å². The van der Waals surface area contributed by atoms with Crippen molar-refractivity contribution in [1.29, 1.82) is 0 Å². The normalized spacial score (nSPS) is 11.3. The van der Waals surface area contributed by atoms with Crippen molar-refractivity contribution in [3.05, 3.63) is 16.5 Å². The zero-order valence-corrected chi connectivity index (χ0v) is 13.7. The van der Waals surface area contributed by atoms with Crippen molar-refractivity contribution in [2.75, 3.05) is 18.0 Å². The van der Waals surface area contributed by atoms with Crippen LogP contribution in [0.2, 0.25) is 0 Å². The largest absolute Gasteiger partial charge is 0.356 e. The minimum Gasteiger partial charge on any atom is -0.356 e. The summed E-state index contributed by atoms with van der Waals surface area (Å²) in [5.74, 6) is 3.19. The van der Waals surface area contributed by atoms with Crippen molar-refractivity contribution in [3.63, 3.8) is 0 Å². The first-order valence-electron chi connectivity index (χ1n) is 6.70. The van der Waals surface area contributed by atoms with Gasteiger partial charge in [-0.3, -0.25) is 0 Å². The molecule has 102 valence electrons. The van der Waals surface area contributed by atoms with Crippen LogP contribution in [0.5, 0.6) is 0 Å². The highest BCUT2D eigenvalue weighted by Gasteiger charge is 2.13. The monoisotopic (exact) mass is 313 g/mol. The Labute approximate surface area is 119 Å². The smallest absolute Gasteiger partial charge is 0.133 e. The predicted octanol–water partition coefficient (Wildman–Crippen LogP) is 3.92. The summed E-state index contributed by atoms with van der Waals surface area (Å²) in [6.45, 7) is 13.1. The third-order valence-corrected chi connectivity index (χ3v) is 2.95. The lowest BCUT2D eigenvalue weighted by Crippen LogP contribution is -2.32. The molecule has 0 atom stereocenters. The van der Waals surface area contributed by atoms with E-state index < -0.39 is 0 Å². The van der Waals surface area contributed by atoms with E-state index in [2.05, 4.69) is 65.4 Å².